The van der Waals surface area contributed by atoms with Gasteiger partial charge in [-0.1, -0.05) is 52.6 Å². The number of benzene rings is 2. The van der Waals surface area contributed by atoms with Crippen molar-refractivity contribution in [1.82, 2.24) is 5.32 Å². The Balaban J connectivity index is 1.97. The van der Waals surface area contributed by atoms with Gasteiger partial charge in [-0.05, 0) is 42.8 Å². The number of nitrogens with one attached hydrogen (secondary N) is 2. The van der Waals surface area contributed by atoms with Gasteiger partial charge in [0.05, 0.1) is 46.2 Å². The Hall–Kier alpha value is -2.90. The highest BCUT2D eigenvalue weighted by molar-refractivity contribution is 8.03. The highest BCUT2D eigenvalue weighted by Crippen LogP contribution is 2.44. The number of halogens is 3. The van der Waals surface area contributed by atoms with Gasteiger partial charge in [-0.3, -0.25) is 14.4 Å². The van der Waals surface area contributed by atoms with E-state index in [2.05, 4.69) is 16.7 Å². The minimum absolute atomic E-state index is 0.0573. The average molecular weight is 569 g/mol. The number of nitrogens with zero attached hydrogens (tertiary/aromatic N) is 1. The number of rotatable bonds is 8. The standard InChI is InChI=1S/C24H20Cl3N3O5S/c1-3-35-21-16(26)7-12(8-17(21)27)19-15(10-28)23(30-22(32)20(19)24(33)34-2)36-11-18(31)29-14-6-4-5-13(25)9-14/h4-9,19-20H,3,11H2,1-2H3,(H,29,31)(H,30,32)/t19-,20+/m0/s1. The van der Waals surface area contributed by atoms with Crippen molar-refractivity contribution in [3.8, 4) is 11.8 Å². The molecular formula is C24H20Cl3N3O5S. The lowest BCUT2D eigenvalue weighted by Gasteiger charge is -2.31. The SMILES string of the molecule is CCOc1c(Cl)cc([C@H]2C(C#N)=C(SCC(=O)Nc3cccc(Cl)c3)NC(=O)[C@@H]2C(=O)OC)cc1Cl. The van der Waals surface area contributed by atoms with E-state index in [0.717, 1.165) is 18.9 Å². The fourth-order valence-electron chi connectivity index (χ4n) is 3.62. The minimum Gasteiger partial charge on any atom is -0.491 e. The Morgan fingerprint density at radius 3 is 2.47 bits per heavy atom. The third-order valence-corrected chi connectivity index (χ3v) is 6.92. The van der Waals surface area contributed by atoms with Crippen LogP contribution < -0.4 is 15.4 Å². The van der Waals surface area contributed by atoms with Crippen LogP contribution in [0.5, 0.6) is 5.75 Å². The number of ether oxygens (including phenoxy) is 2. The number of carbonyl (C=O) groups excluding carboxylic acids is 3. The van der Waals surface area contributed by atoms with Crippen LogP contribution in [-0.2, 0) is 19.1 Å². The minimum atomic E-state index is -1.38. The van der Waals surface area contributed by atoms with Crippen molar-refractivity contribution in [2.75, 3.05) is 24.8 Å². The van der Waals surface area contributed by atoms with E-state index in [9.17, 15) is 19.6 Å². The molecule has 0 unspecified atom stereocenters. The van der Waals surface area contributed by atoms with Crippen LogP contribution in [0.1, 0.15) is 18.4 Å². The van der Waals surface area contributed by atoms with Crippen LogP contribution in [0.3, 0.4) is 0 Å². The zero-order valence-corrected chi connectivity index (χ0v) is 22.1. The number of hydrogen-bond donors (Lipinski definition) is 2. The molecule has 2 aromatic rings. The second-order valence-corrected chi connectivity index (χ2v) is 9.65. The van der Waals surface area contributed by atoms with Crippen molar-refractivity contribution in [3.63, 3.8) is 0 Å². The van der Waals surface area contributed by atoms with Gasteiger partial charge in [0.25, 0.3) is 0 Å². The lowest BCUT2D eigenvalue weighted by Crippen LogP contribution is -2.44. The Labute approximate surface area is 226 Å². The van der Waals surface area contributed by atoms with Gasteiger partial charge in [0.15, 0.2) is 5.75 Å². The number of esters is 1. The quantitative estimate of drug-likeness (QED) is 0.334. The number of amides is 2. The molecule has 0 radical (unpaired) electrons. The second kappa shape index (κ2) is 12.4. The predicted octanol–water partition coefficient (Wildman–Crippen LogP) is 5.16. The van der Waals surface area contributed by atoms with Crippen LogP contribution in [-0.4, -0.2) is 37.3 Å². The second-order valence-electron chi connectivity index (χ2n) is 7.42. The summed E-state index contributed by atoms with van der Waals surface area (Å²) in [5, 5.41) is 16.2. The topological polar surface area (TPSA) is 118 Å². The van der Waals surface area contributed by atoms with E-state index in [0.29, 0.717) is 22.9 Å². The van der Waals surface area contributed by atoms with Crippen molar-refractivity contribution in [1.29, 1.82) is 5.26 Å². The molecule has 1 heterocycles. The number of allylic oxidation sites excluding steroid dienone is 1. The van der Waals surface area contributed by atoms with Crippen LogP contribution in [0.15, 0.2) is 47.0 Å². The zero-order chi connectivity index (χ0) is 26.4. The highest BCUT2D eigenvalue weighted by Gasteiger charge is 2.44. The first-order chi connectivity index (χ1) is 17.2. The molecule has 8 nitrogen and oxygen atoms in total. The molecule has 0 aliphatic carbocycles. The Bertz CT molecular complexity index is 1250. The summed E-state index contributed by atoms with van der Waals surface area (Å²) >= 11 is 19.6. The van der Waals surface area contributed by atoms with E-state index < -0.39 is 23.7 Å². The van der Waals surface area contributed by atoms with Gasteiger partial charge in [0, 0.05) is 16.6 Å². The molecule has 12 heteroatoms. The summed E-state index contributed by atoms with van der Waals surface area (Å²) in [4.78, 5) is 38.1. The van der Waals surface area contributed by atoms with E-state index in [1.807, 2.05) is 0 Å². The van der Waals surface area contributed by atoms with Crippen LogP contribution in [0, 0.1) is 17.2 Å². The molecular weight excluding hydrogens is 549 g/mol. The van der Waals surface area contributed by atoms with Crippen molar-refractivity contribution in [3.05, 3.63) is 67.6 Å². The molecule has 0 saturated carbocycles. The number of methoxy groups -OCH3 is 1. The van der Waals surface area contributed by atoms with Crippen molar-refractivity contribution < 1.29 is 23.9 Å². The molecule has 2 atom stereocenters. The molecule has 36 heavy (non-hydrogen) atoms. The van der Waals surface area contributed by atoms with E-state index >= 15 is 0 Å². The van der Waals surface area contributed by atoms with E-state index in [1.165, 1.54) is 12.1 Å². The van der Waals surface area contributed by atoms with Gasteiger partial charge in [-0.25, -0.2) is 0 Å². The van der Waals surface area contributed by atoms with E-state index in [4.69, 9.17) is 44.3 Å². The smallest absolute Gasteiger partial charge is 0.319 e. The lowest BCUT2D eigenvalue weighted by molar-refractivity contribution is -0.150. The van der Waals surface area contributed by atoms with E-state index in [-0.39, 0.29) is 38.1 Å². The van der Waals surface area contributed by atoms with Gasteiger partial charge in [0.2, 0.25) is 11.8 Å². The molecule has 3 rings (SSSR count). The molecule has 0 bridgehead atoms. The Morgan fingerprint density at radius 2 is 1.89 bits per heavy atom. The molecule has 0 saturated heterocycles. The van der Waals surface area contributed by atoms with E-state index in [1.54, 1.807) is 31.2 Å². The third-order valence-electron chi connectivity index (χ3n) is 5.11. The predicted molar refractivity (Wildman–Crippen MR) is 139 cm³/mol. The summed E-state index contributed by atoms with van der Waals surface area (Å²) in [6.07, 6.45) is 0. The number of carbonyl (C=O) groups is 3. The zero-order valence-electron chi connectivity index (χ0n) is 19.1. The summed E-state index contributed by atoms with van der Waals surface area (Å²) in [6, 6.07) is 11.7. The molecule has 188 valence electrons. The summed E-state index contributed by atoms with van der Waals surface area (Å²) in [5.41, 5.74) is 0.899. The van der Waals surface area contributed by atoms with Crippen LogP contribution >= 0.6 is 46.6 Å². The van der Waals surface area contributed by atoms with Gasteiger partial charge < -0.3 is 20.1 Å². The highest BCUT2D eigenvalue weighted by atomic mass is 35.5. The van der Waals surface area contributed by atoms with Gasteiger partial charge in [-0.15, -0.1) is 0 Å². The molecule has 2 amide bonds. The van der Waals surface area contributed by atoms with Crippen LogP contribution in [0.4, 0.5) is 5.69 Å². The maximum atomic E-state index is 13.0. The molecule has 1 aliphatic heterocycles. The first-order valence-corrected chi connectivity index (χ1v) is 12.6. The number of hydrogen-bond acceptors (Lipinski definition) is 7. The van der Waals surface area contributed by atoms with Crippen molar-refractivity contribution in [2.45, 2.75) is 12.8 Å². The monoisotopic (exact) mass is 567 g/mol. The molecule has 1 aliphatic rings. The fraction of sp³-hybridized carbons (Fsp3) is 0.250. The molecule has 2 N–H and O–H groups in total. The van der Waals surface area contributed by atoms with Gasteiger partial charge in [-0.2, -0.15) is 5.26 Å². The lowest BCUT2D eigenvalue weighted by atomic mass is 9.78. The summed E-state index contributed by atoms with van der Waals surface area (Å²) in [5.74, 6) is -4.24. The molecule has 0 fully saturated rings. The largest absolute Gasteiger partial charge is 0.491 e. The Morgan fingerprint density at radius 1 is 1.19 bits per heavy atom. The number of thioether (sulfide) groups is 1. The van der Waals surface area contributed by atoms with Gasteiger partial charge in [0.1, 0.15) is 5.92 Å². The number of nitriles is 1. The Kier molecular flexibility index (Phi) is 9.51. The fourth-order valence-corrected chi connectivity index (χ4v) is 5.27. The summed E-state index contributed by atoms with van der Waals surface area (Å²) in [6.45, 7) is 2.08. The third kappa shape index (κ3) is 6.26. The first-order valence-electron chi connectivity index (χ1n) is 10.5. The summed E-state index contributed by atoms with van der Waals surface area (Å²) < 4.78 is 10.3. The van der Waals surface area contributed by atoms with Crippen LogP contribution in [0.25, 0.3) is 0 Å². The normalized spacial score (nSPS) is 17.2. The molecule has 0 aromatic heterocycles. The first kappa shape index (κ1) is 27.7. The maximum Gasteiger partial charge on any atom is 0.319 e. The average Bonchev–Trinajstić information content (AvgIpc) is 2.83. The van der Waals surface area contributed by atoms with Crippen LogP contribution in [0.2, 0.25) is 15.1 Å². The summed E-state index contributed by atoms with van der Waals surface area (Å²) in [7, 11) is 1.14. The molecule has 2 aromatic carbocycles. The molecule has 0 spiro atoms. The maximum absolute atomic E-state index is 13.0. The van der Waals surface area contributed by atoms with Crippen molar-refractivity contribution >= 4 is 70.0 Å². The van der Waals surface area contributed by atoms with Crippen molar-refractivity contribution in [2.24, 2.45) is 5.92 Å². The van der Waals surface area contributed by atoms with Gasteiger partial charge >= 0.3 is 5.97 Å². The number of anilines is 1.